The number of halogens is 1. The average Bonchev–Trinajstić information content (AvgIpc) is 2.96. The van der Waals surface area contributed by atoms with Crippen molar-refractivity contribution >= 4 is 15.7 Å². The molecule has 3 N–H and O–H groups in total. The molecule has 2 atom stereocenters. The Hall–Kier alpha value is -1.14. The fourth-order valence-corrected chi connectivity index (χ4v) is 2.95. The maximum atomic E-state index is 13.0. The molecular formula is C11H15FN2O2S. The molecule has 0 bridgehead atoms. The van der Waals surface area contributed by atoms with Gasteiger partial charge in [-0.3, -0.25) is 0 Å². The van der Waals surface area contributed by atoms with E-state index in [1.54, 1.807) is 0 Å². The summed E-state index contributed by atoms with van der Waals surface area (Å²) in [6.07, 6.45) is 1.03. The molecule has 0 radical (unpaired) electrons. The number of benzene rings is 1. The molecule has 0 aromatic heterocycles. The van der Waals surface area contributed by atoms with Gasteiger partial charge in [-0.05, 0) is 36.5 Å². The SMILES string of the molecule is CC1CC1CNS(=O)(=O)c1cc(F)ccc1N. The Balaban J connectivity index is 2.16. The average molecular weight is 258 g/mol. The molecule has 0 amide bonds. The number of anilines is 1. The van der Waals surface area contributed by atoms with E-state index in [1.165, 1.54) is 6.07 Å². The van der Waals surface area contributed by atoms with Gasteiger partial charge in [-0.2, -0.15) is 0 Å². The van der Waals surface area contributed by atoms with Gasteiger partial charge in [0, 0.05) is 6.54 Å². The third kappa shape index (κ3) is 2.76. The minimum Gasteiger partial charge on any atom is -0.398 e. The van der Waals surface area contributed by atoms with Gasteiger partial charge in [0.2, 0.25) is 10.0 Å². The lowest BCUT2D eigenvalue weighted by Crippen LogP contribution is -2.27. The van der Waals surface area contributed by atoms with E-state index in [0.717, 1.165) is 18.6 Å². The van der Waals surface area contributed by atoms with Gasteiger partial charge < -0.3 is 5.73 Å². The van der Waals surface area contributed by atoms with Gasteiger partial charge in [0.1, 0.15) is 10.7 Å². The zero-order valence-corrected chi connectivity index (χ0v) is 10.3. The molecule has 1 saturated carbocycles. The van der Waals surface area contributed by atoms with Crippen molar-refractivity contribution in [3.05, 3.63) is 24.0 Å². The molecule has 4 nitrogen and oxygen atoms in total. The molecule has 2 rings (SSSR count). The van der Waals surface area contributed by atoms with Crippen LogP contribution in [-0.4, -0.2) is 15.0 Å². The highest BCUT2D eigenvalue weighted by molar-refractivity contribution is 7.89. The zero-order valence-electron chi connectivity index (χ0n) is 9.48. The van der Waals surface area contributed by atoms with Gasteiger partial charge in [-0.25, -0.2) is 17.5 Å². The van der Waals surface area contributed by atoms with Crippen LogP contribution in [0.4, 0.5) is 10.1 Å². The minimum atomic E-state index is -3.71. The Morgan fingerprint density at radius 3 is 2.76 bits per heavy atom. The third-order valence-corrected chi connectivity index (χ3v) is 4.56. The predicted octanol–water partition coefficient (Wildman–Crippen LogP) is 1.34. The fraction of sp³-hybridized carbons (Fsp3) is 0.455. The van der Waals surface area contributed by atoms with Crippen molar-refractivity contribution in [2.45, 2.75) is 18.2 Å². The topological polar surface area (TPSA) is 72.2 Å². The van der Waals surface area contributed by atoms with Crippen molar-refractivity contribution in [3.8, 4) is 0 Å². The Morgan fingerprint density at radius 1 is 1.53 bits per heavy atom. The van der Waals surface area contributed by atoms with Crippen LogP contribution >= 0.6 is 0 Å². The molecule has 2 unspecified atom stereocenters. The van der Waals surface area contributed by atoms with Gasteiger partial charge in [-0.15, -0.1) is 0 Å². The van der Waals surface area contributed by atoms with Crippen molar-refractivity contribution < 1.29 is 12.8 Å². The molecule has 6 heteroatoms. The van der Waals surface area contributed by atoms with Gasteiger partial charge in [0.15, 0.2) is 0 Å². The van der Waals surface area contributed by atoms with Crippen LogP contribution in [0.2, 0.25) is 0 Å². The van der Waals surface area contributed by atoms with Crippen molar-refractivity contribution in [2.75, 3.05) is 12.3 Å². The van der Waals surface area contributed by atoms with E-state index in [4.69, 9.17) is 5.73 Å². The molecule has 94 valence electrons. The van der Waals surface area contributed by atoms with Crippen LogP contribution in [-0.2, 0) is 10.0 Å². The van der Waals surface area contributed by atoms with Gasteiger partial charge in [-0.1, -0.05) is 6.92 Å². The number of nitrogens with two attached hydrogens (primary N) is 1. The second-order valence-corrected chi connectivity index (χ2v) is 6.24. The molecule has 1 aromatic rings. The highest BCUT2D eigenvalue weighted by atomic mass is 32.2. The van der Waals surface area contributed by atoms with Crippen LogP contribution in [0.3, 0.4) is 0 Å². The maximum absolute atomic E-state index is 13.0. The van der Waals surface area contributed by atoms with E-state index >= 15 is 0 Å². The lowest BCUT2D eigenvalue weighted by atomic mass is 10.3. The Labute approximate surface area is 100 Å². The standard InChI is InChI=1S/C11H15FN2O2S/c1-7-4-8(7)6-14-17(15,16)11-5-9(12)2-3-10(11)13/h2-3,5,7-8,14H,4,6,13H2,1H3. The van der Waals surface area contributed by atoms with Crippen LogP contribution < -0.4 is 10.5 Å². The first-order chi connectivity index (χ1) is 7.90. The van der Waals surface area contributed by atoms with Gasteiger partial charge in [0.25, 0.3) is 0 Å². The van der Waals surface area contributed by atoms with E-state index in [1.807, 2.05) is 0 Å². The molecule has 1 aliphatic rings. The number of nitrogens with one attached hydrogen (secondary N) is 1. The summed E-state index contributed by atoms with van der Waals surface area (Å²) in [6.45, 7) is 2.45. The van der Waals surface area contributed by atoms with Gasteiger partial charge >= 0.3 is 0 Å². The molecule has 0 aliphatic heterocycles. The molecule has 1 aliphatic carbocycles. The summed E-state index contributed by atoms with van der Waals surface area (Å²) >= 11 is 0. The summed E-state index contributed by atoms with van der Waals surface area (Å²) in [5.74, 6) is 0.335. The van der Waals surface area contributed by atoms with Crippen molar-refractivity contribution in [1.82, 2.24) is 4.72 Å². The van der Waals surface area contributed by atoms with Crippen LogP contribution in [0.1, 0.15) is 13.3 Å². The highest BCUT2D eigenvalue weighted by Gasteiger charge is 2.33. The summed E-state index contributed by atoms with van der Waals surface area (Å²) in [6, 6.07) is 3.33. The summed E-state index contributed by atoms with van der Waals surface area (Å²) in [7, 11) is -3.71. The number of sulfonamides is 1. The number of nitrogen functional groups attached to an aromatic ring is 1. The van der Waals surface area contributed by atoms with Crippen LogP contribution in [0.25, 0.3) is 0 Å². The minimum absolute atomic E-state index is 0.0581. The second kappa shape index (κ2) is 4.27. The highest BCUT2D eigenvalue weighted by Crippen LogP contribution is 2.37. The molecule has 17 heavy (non-hydrogen) atoms. The smallest absolute Gasteiger partial charge is 0.242 e. The quantitative estimate of drug-likeness (QED) is 0.801. The van der Waals surface area contributed by atoms with Crippen molar-refractivity contribution in [1.29, 1.82) is 0 Å². The molecule has 0 saturated heterocycles. The first-order valence-electron chi connectivity index (χ1n) is 5.45. The fourth-order valence-electron chi connectivity index (χ4n) is 1.72. The summed E-state index contributed by atoms with van der Waals surface area (Å²) < 4.78 is 39.2. The van der Waals surface area contributed by atoms with Gasteiger partial charge in [0.05, 0.1) is 5.69 Å². The van der Waals surface area contributed by atoms with Crippen LogP contribution in [0.5, 0.6) is 0 Å². The van der Waals surface area contributed by atoms with Crippen LogP contribution in [0.15, 0.2) is 23.1 Å². The van der Waals surface area contributed by atoms with E-state index in [9.17, 15) is 12.8 Å². The summed E-state index contributed by atoms with van der Waals surface area (Å²) in [4.78, 5) is -0.189. The molecule has 0 spiro atoms. The Morgan fingerprint density at radius 2 is 2.18 bits per heavy atom. The maximum Gasteiger partial charge on any atom is 0.242 e. The monoisotopic (exact) mass is 258 g/mol. The lowest BCUT2D eigenvalue weighted by molar-refractivity contribution is 0.572. The lowest BCUT2D eigenvalue weighted by Gasteiger charge is -2.08. The Bertz CT molecular complexity index is 530. The van der Waals surface area contributed by atoms with Crippen molar-refractivity contribution in [3.63, 3.8) is 0 Å². The zero-order chi connectivity index (χ0) is 12.6. The molecule has 1 aromatic carbocycles. The predicted molar refractivity (Wildman–Crippen MR) is 63.3 cm³/mol. The van der Waals surface area contributed by atoms with E-state index in [2.05, 4.69) is 11.6 Å². The van der Waals surface area contributed by atoms with E-state index < -0.39 is 15.8 Å². The summed E-state index contributed by atoms with van der Waals surface area (Å²) in [5, 5.41) is 0. The normalized spacial score (nSPS) is 23.6. The second-order valence-electron chi connectivity index (χ2n) is 4.51. The number of hydrogen-bond donors (Lipinski definition) is 2. The Kier molecular flexibility index (Phi) is 3.09. The number of rotatable bonds is 4. The van der Waals surface area contributed by atoms with Crippen molar-refractivity contribution in [2.24, 2.45) is 11.8 Å². The number of hydrogen-bond acceptors (Lipinski definition) is 3. The molecule has 1 fully saturated rings. The third-order valence-electron chi connectivity index (χ3n) is 3.08. The first kappa shape index (κ1) is 12.3. The van der Waals surface area contributed by atoms with Crippen LogP contribution in [0, 0.1) is 17.7 Å². The molecular weight excluding hydrogens is 243 g/mol. The largest absolute Gasteiger partial charge is 0.398 e. The van der Waals surface area contributed by atoms with E-state index in [-0.39, 0.29) is 10.6 Å². The first-order valence-corrected chi connectivity index (χ1v) is 6.93. The summed E-state index contributed by atoms with van der Waals surface area (Å²) in [5.41, 5.74) is 5.60. The molecule has 0 heterocycles. The van der Waals surface area contributed by atoms with E-state index in [0.29, 0.717) is 18.4 Å².